The van der Waals surface area contributed by atoms with Crippen LogP contribution in [0.2, 0.25) is 0 Å². The van der Waals surface area contributed by atoms with Gasteiger partial charge in [-0.15, -0.1) is 0 Å². The molecule has 140 valence electrons. The number of carbonyl (C=O) groups is 1. The standard InChI is InChI=1S/C22H21N5O/c23-15-16-4-3-5-18(14-16)22(28)25-12-13-27-20-7-2-1-6-19(20)21(26-27)17-8-10-24-11-9-17/h3-5,8-11,14H,1-2,6-7,12-13H2,(H,25,28). The lowest BCUT2D eigenvalue weighted by atomic mass is 9.94. The normalized spacial score (nSPS) is 12.8. The molecule has 0 atom stereocenters. The molecule has 0 fully saturated rings. The van der Waals surface area contributed by atoms with Crippen LogP contribution in [0.1, 0.15) is 40.0 Å². The number of nitriles is 1. The molecule has 1 aliphatic rings. The van der Waals surface area contributed by atoms with Gasteiger partial charge in [0.1, 0.15) is 0 Å². The lowest BCUT2D eigenvalue weighted by molar-refractivity contribution is 0.0951. The number of amides is 1. The Labute approximate surface area is 163 Å². The van der Waals surface area contributed by atoms with E-state index in [2.05, 4.69) is 16.4 Å². The molecular weight excluding hydrogens is 350 g/mol. The van der Waals surface area contributed by atoms with Gasteiger partial charge in [0, 0.05) is 41.3 Å². The Morgan fingerprint density at radius 3 is 2.82 bits per heavy atom. The van der Waals surface area contributed by atoms with Gasteiger partial charge in [-0.2, -0.15) is 10.4 Å². The monoisotopic (exact) mass is 371 g/mol. The summed E-state index contributed by atoms with van der Waals surface area (Å²) in [5.74, 6) is -0.174. The van der Waals surface area contributed by atoms with E-state index < -0.39 is 0 Å². The van der Waals surface area contributed by atoms with Crippen LogP contribution in [-0.4, -0.2) is 27.2 Å². The first-order chi connectivity index (χ1) is 13.8. The number of pyridine rings is 1. The van der Waals surface area contributed by atoms with Crippen LogP contribution in [0.4, 0.5) is 0 Å². The number of rotatable bonds is 5. The van der Waals surface area contributed by atoms with E-state index >= 15 is 0 Å². The first-order valence-electron chi connectivity index (χ1n) is 9.53. The molecule has 1 amide bonds. The number of hydrogen-bond donors (Lipinski definition) is 1. The number of nitrogens with one attached hydrogen (secondary N) is 1. The van der Waals surface area contributed by atoms with Crippen LogP contribution in [0, 0.1) is 11.3 Å². The first-order valence-corrected chi connectivity index (χ1v) is 9.53. The van der Waals surface area contributed by atoms with E-state index in [0.717, 1.165) is 24.1 Å². The molecule has 0 aliphatic heterocycles. The summed E-state index contributed by atoms with van der Waals surface area (Å²) in [6.45, 7) is 1.11. The molecule has 2 aromatic heterocycles. The third-order valence-corrected chi connectivity index (χ3v) is 5.07. The zero-order valence-corrected chi connectivity index (χ0v) is 15.6. The zero-order chi connectivity index (χ0) is 19.3. The fourth-order valence-corrected chi connectivity index (χ4v) is 3.70. The smallest absolute Gasteiger partial charge is 0.251 e. The lowest BCUT2D eigenvalue weighted by Gasteiger charge is -2.14. The minimum Gasteiger partial charge on any atom is -0.350 e. The maximum Gasteiger partial charge on any atom is 0.251 e. The molecule has 0 radical (unpaired) electrons. The highest BCUT2D eigenvalue weighted by molar-refractivity contribution is 5.94. The van der Waals surface area contributed by atoms with Crippen molar-refractivity contribution in [3.05, 3.63) is 71.2 Å². The summed E-state index contributed by atoms with van der Waals surface area (Å²) in [4.78, 5) is 16.5. The quantitative estimate of drug-likeness (QED) is 0.747. The van der Waals surface area contributed by atoms with Gasteiger partial charge in [0.25, 0.3) is 5.91 Å². The van der Waals surface area contributed by atoms with Crippen molar-refractivity contribution >= 4 is 5.91 Å². The van der Waals surface area contributed by atoms with Gasteiger partial charge in [-0.05, 0) is 56.0 Å². The van der Waals surface area contributed by atoms with Crippen molar-refractivity contribution in [1.29, 1.82) is 5.26 Å². The SMILES string of the molecule is N#Cc1cccc(C(=O)NCCn2nc(-c3ccncc3)c3c2CCCC3)c1. The second-order valence-electron chi connectivity index (χ2n) is 6.89. The molecule has 3 aromatic rings. The van der Waals surface area contributed by atoms with Crippen molar-refractivity contribution in [2.24, 2.45) is 0 Å². The van der Waals surface area contributed by atoms with Crippen LogP contribution < -0.4 is 5.32 Å². The van der Waals surface area contributed by atoms with Crippen LogP contribution in [0.5, 0.6) is 0 Å². The first kappa shape index (κ1) is 17.9. The number of nitrogens with zero attached hydrogens (tertiary/aromatic N) is 4. The van der Waals surface area contributed by atoms with Gasteiger partial charge in [0.05, 0.1) is 23.9 Å². The minimum absolute atomic E-state index is 0.174. The maximum absolute atomic E-state index is 12.4. The minimum atomic E-state index is -0.174. The molecule has 1 aliphatic carbocycles. The maximum atomic E-state index is 12.4. The van der Waals surface area contributed by atoms with Gasteiger partial charge >= 0.3 is 0 Å². The van der Waals surface area contributed by atoms with E-state index in [-0.39, 0.29) is 5.91 Å². The summed E-state index contributed by atoms with van der Waals surface area (Å²) in [6, 6.07) is 12.8. The zero-order valence-electron chi connectivity index (χ0n) is 15.6. The summed E-state index contributed by atoms with van der Waals surface area (Å²) in [5, 5.41) is 16.8. The highest BCUT2D eigenvalue weighted by Gasteiger charge is 2.21. The Morgan fingerprint density at radius 2 is 2.00 bits per heavy atom. The lowest BCUT2D eigenvalue weighted by Crippen LogP contribution is -2.28. The van der Waals surface area contributed by atoms with Gasteiger partial charge < -0.3 is 5.32 Å². The van der Waals surface area contributed by atoms with Crippen LogP contribution >= 0.6 is 0 Å². The number of fused-ring (bicyclic) bond motifs is 1. The van der Waals surface area contributed by atoms with Crippen molar-refractivity contribution in [1.82, 2.24) is 20.1 Å². The molecular formula is C22H21N5O. The highest BCUT2D eigenvalue weighted by atomic mass is 16.1. The van der Waals surface area contributed by atoms with Crippen molar-refractivity contribution in [2.75, 3.05) is 6.54 Å². The van der Waals surface area contributed by atoms with E-state index in [0.29, 0.717) is 24.2 Å². The van der Waals surface area contributed by atoms with E-state index in [1.54, 1.807) is 36.7 Å². The largest absolute Gasteiger partial charge is 0.350 e. The van der Waals surface area contributed by atoms with Crippen molar-refractivity contribution in [3.63, 3.8) is 0 Å². The molecule has 0 saturated carbocycles. The summed E-state index contributed by atoms with van der Waals surface area (Å²) in [5.41, 5.74) is 5.70. The van der Waals surface area contributed by atoms with Crippen LogP contribution in [0.15, 0.2) is 48.8 Å². The molecule has 28 heavy (non-hydrogen) atoms. The van der Waals surface area contributed by atoms with Crippen molar-refractivity contribution in [3.8, 4) is 17.3 Å². The van der Waals surface area contributed by atoms with E-state index in [9.17, 15) is 4.79 Å². The fraction of sp³-hybridized carbons (Fsp3) is 0.273. The number of hydrogen-bond acceptors (Lipinski definition) is 4. The molecule has 2 heterocycles. The van der Waals surface area contributed by atoms with E-state index in [1.807, 2.05) is 16.8 Å². The molecule has 6 heteroatoms. The summed E-state index contributed by atoms with van der Waals surface area (Å²) >= 11 is 0. The average Bonchev–Trinajstić information content (AvgIpc) is 3.13. The number of benzene rings is 1. The Bertz CT molecular complexity index is 1030. The topological polar surface area (TPSA) is 83.6 Å². The summed E-state index contributed by atoms with van der Waals surface area (Å²) < 4.78 is 2.04. The molecule has 1 N–H and O–H groups in total. The highest BCUT2D eigenvalue weighted by Crippen LogP contribution is 2.30. The van der Waals surface area contributed by atoms with E-state index in [1.165, 1.54) is 24.1 Å². The molecule has 0 bridgehead atoms. The molecule has 4 rings (SSSR count). The molecule has 1 aromatic carbocycles. The van der Waals surface area contributed by atoms with E-state index in [4.69, 9.17) is 10.4 Å². The summed E-state index contributed by atoms with van der Waals surface area (Å²) in [6.07, 6.45) is 7.99. The van der Waals surface area contributed by atoms with Gasteiger partial charge in [-0.3, -0.25) is 14.5 Å². The second-order valence-corrected chi connectivity index (χ2v) is 6.89. The van der Waals surface area contributed by atoms with Crippen LogP contribution in [-0.2, 0) is 19.4 Å². The average molecular weight is 371 g/mol. The molecule has 0 unspecified atom stereocenters. The van der Waals surface area contributed by atoms with Gasteiger partial charge in [0.2, 0.25) is 0 Å². The van der Waals surface area contributed by atoms with Crippen molar-refractivity contribution < 1.29 is 4.79 Å². The Kier molecular flexibility index (Phi) is 5.16. The van der Waals surface area contributed by atoms with Crippen LogP contribution in [0.25, 0.3) is 11.3 Å². The Hall–Kier alpha value is -3.46. The fourth-order valence-electron chi connectivity index (χ4n) is 3.70. The van der Waals surface area contributed by atoms with Gasteiger partial charge in [-0.1, -0.05) is 6.07 Å². The van der Waals surface area contributed by atoms with Gasteiger partial charge in [0.15, 0.2) is 0 Å². The predicted molar refractivity (Wildman–Crippen MR) is 106 cm³/mol. The number of carbonyl (C=O) groups excluding carboxylic acids is 1. The van der Waals surface area contributed by atoms with Crippen molar-refractivity contribution in [2.45, 2.75) is 32.2 Å². The molecule has 0 spiro atoms. The van der Waals surface area contributed by atoms with Gasteiger partial charge in [-0.25, -0.2) is 0 Å². The van der Waals surface area contributed by atoms with Crippen LogP contribution in [0.3, 0.4) is 0 Å². The molecule has 6 nitrogen and oxygen atoms in total. The third kappa shape index (κ3) is 3.65. The molecule has 0 saturated heterocycles. The third-order valence-electron chi connectivity index (χ3n) is 5.07. The number of aromatic nitrogens is 3. The Balaban J connectivity index is 1.49. The predicted octanol–water partition coefficient (Wildman–Crippen LogP) is 3.13. The Morgan fingerprint density at radius 1 is 1.18 bits per heavy atom. The summed E-state index contributed by atoms with van der Waals surface area (Å²) in [7, 11) is 0. The second kappa shape index (κ2) is 8.05.